The fraction of sp³-hybridized carbons (Fsp3) is 0.844. The molecule has 0 aromatic carbocycles. The van der Waals surface area contributed by atoms with Gasteiger partial charge in [0.15, 0.2) is 6.29 Å². The van der Waals surface area contributed by atoms with Crippen molar-refractivity contribution in [3.8, 4) is 0 Å². The second-order valence-electron chi connectivity index (χ2n) is 15.6. The fourth-order valence-electron chi connectivity index (χ4n) is 6.86. The van der Waals surface area contributed by atoms with Gasteiger partial charge in [-0.15, -0.1) is 0 Å². The monoisotopic (exact) mass is 847 g/mol. The molecule has 1 aliphatic rings. The molecule has 340 valence electrons. The molecule has 1 rings (SSSR count). The molecular formula is C45H82O12S. The Morgan fingerprint density at radius 1 is 0.672 bits per heavy atom. The topological polar surface area (TPSA) is 178 Å². The van der Waals surface area contributed by atoms with Crippen molar-refractivity contribution in [2.45, 2.75) is 218 Å². The van der Waals surface area contributed by atoms with Crippen LogP contribution in [0.4, 0.5) is 0 Å². The number of carbonyl (C=O) groups excluding carboxylic acids is 1. The van der Waals surface area contributed by atoms with Crippen LogP contribution < -0.4 is 0 Å². The molecule has 0 amide bonds. The van der Waals surface area contributed by atoms with Crippen LogP contribution in [0.15, 0.2) is 36.5 Å². The first-order valence-electron chi connectivity index (χ1n) is 22.7. The predicted molar refractivity (Wildman–Crippen MR) is 230 cm³/mol. The number of rotatable bonds is 39. The summed E-state index contributed by atoms with van der Waals surface area (Å²) in [6.45, 7) is 3.85. The Hall–Kier alpha value is -1.68. The standard InChI is InChI=1S/C45H82O12S/c1-3-5-7-9-11-13-15-17-18-19-20-21-23-25-27-29-31-33-35-53-37-39(38-54-45-43(49)44(57-58(50,51)52)42(48)40(36-46)56-45)55-41(47)34-32-30-28-26-24-22-16-14-12-10-8-6-4-2/h6,8,12,14,22,24,39-40,42-46,48-49H,3-5,7,9-11,13,15-21,23,25-38H2,1-2H3,(H,50,51,52)/b8-6-,14-12-,24-22-. The van der Waals surface area contributed by atoms with Gasteiger partial charge in [0.25, 0.3) is 0 Å². The zero-order valence-electron chi connectivity index (χ0n) is 36.1. The van der Waals surface area contributed by atoms with E-state index >= 15 is 0 Å². The van der Waals surface area contributed by atoms with E-state index < -0.39 is 59.8 Å². The number of hydrogen-bond donors (Lipinski definition) is 4. The molecular weight excluding hydrogens is 765 g/mol. The lowest BCUT2D eigenvalue weighted by molar-refractivity contribution is -0.301. The number of allylic oxidation sites excluding steroid dienone is 6. The van der Waals surface area contributed by atoms with Gasteiger partial charge in [-0.1, -0.05) is 166 Å². The van der Waals surface area contributed by atoms with Gasteiger partial charge in [0, 0.05) is 13.0 Å². The van der Waals surface area contributed by atoms with Gasteiger partial charge in [-0.05, 0) is 44.9 Å². The summed E-state index contributed by atoms with van der Waals surface area (Å²) in [6, 6.07) is 0. The zero-order chi connectivity index (χ0) is 42.5. The minimum Gasteiger partial charge on any atom is -0.457 e. The van der Waals surface area contributed by atoms with E-state index in [1.165, 1.54) is 96.3 Å². The highest BCUT2D eigenvalue weighted by molar-refractivity contribution is 7.80. The van der Waals surface area contributed by atoms with Crippen LogP contribution in [0.2, 0.25) is 0 Å². The highest BCUT2D eigenvalue weighted by Gasteiger charge is 2.48. The summed E-state index contributed by atoms with van der Waals surface area (Å²) in [7, 11) is -5.06. The minimum atomic E-state index is -5.06. The van der Waals surface area contributed by atoms with Crippen molar-refractivity contribution in [3.63, 3.8) is 0 Å². The minimum absolute atomic E-state index is 0.0264. The fourth-order valence-corrected chi connectivity index (χ4v) is 7.37. The molecule has 0 aliphatic carbocycles. The Balaban J connectivity index is 2.42. The van der Waals surface area contributed by atoms with Crippen LogP contribution in [0, 0.1) is 0 Å². The van der Waals surface area contributed by atoms with E-state index in [0.29, 0.717) is 13.0 Å². The molecule has 1 aliphatic heterocycles. The van der Waals surface area contributed by atoms with Crippen LogP contribution in [0.1, 0.15) is 181 Å². The van der Waals surface area contributed by atoms with E-state index in [1.54, 1.807) is 0 Å². The van der Waals surface area contributed by atoms with Gasteiger partial charge >= 0.3 is 16.4 Å². The third-order valence-electron chi connectivity index (χ3n) is 10.3. The Morgan fingerprint density at radius 3 is 1.72 bits per heavy atom. The average molecular weight is 847 g/mol. The molecule has 6 atom stereocenters. The van der Waals surface area contributed by atoms with Gasteiger partial charge in [0.05, 0.1) is 19.8 Å². The summed E-state index contributed by atoms with van der Waals surface area (Å²) < 4.78 is 59.0. The summed E-state index contributed by atoms with van der Waals surface area (Å²) >= 11 is 0. The number of aliphatic hydroxyl groups excluding tert-OH is 3. The molecule has 58 heavy (non-hydrogen) atoms. The normalized spacial score (nSPS) is 20.8. The van der Waals surface area contributed by atoms with Crippen molar-refractivity contribution in [2.24, 2.45) is 0 Å². The van der Waals surface area contributed by atoms with Gasteiger partial charge in [-0.2, -0.15) is 8.42 Å². The number of ether oxygens (including phenoxy) is 4. The Bertz CT molecular complexity index is 1160. The third-order valence-corrected chi connectivity index (χ3v) is 10.7. The zero-order valence-corrected chi connectivity index (χ0v) is 36.9. The smallest absolute Gasteiger partial charge is 0.397 e. The second-order valence-corrected chi connectivity index (χ2v) is 16.7. The molecule has 0 radical (unpaired) electrons. The first-order valence-corrected chi connectivity index (χ1v) is 24.1. The molecule has 0 aromatic heterocycles. The Kier molecular flexibility index (Phi) is 34.8. The molecule has 12 nitrogen and oxygen atoms in total. The Labute approximate surface area is 352 Å². The molecule has 1 fully saturated rings. The molecule has 13 heteroatoms. The molecule has 0 spiro atoms. The number of esters is 1. The highest BCUT2D eigenvalue weighted by Crippen LogP contribution is 2.26. The van der Waals surface area contributed by atoms with E-state index in [4.69, 9.17) is 23.5 Å². The van der Waals surface area contributed by atoms with Crippen molar-refractivity contribution in [3.05, 3.63) is 36.5 Å². The van der Waals surface area contributed by atoms with Crippen LogP contribution in [0.25, 0.3) is 0 Å². The summed E-state index contributed by atoms with van der Waals surface area (Å²) in [5.74, 6) is -0.426. The Morgan fingerprint density at radius 2 is 1.19 bits per heavy atom. The molecule has 4 N–H and O–H groups in total. The number of unbranched alkanes of at least 4 members (excludes halogenated alkanes) is 20. The first-order chi connectivity index (χ1) is 28.1. The lowest BCUT2D eigenvalue weighted by Crippen LogP contribution is -2.60. The van der Waals surface area contributed by atoms with E-state index in [-0.39, 0.29) is 19.6 Å². The van der Waals surface area contributed by atoms with Gasteiger partial charge in [-0.25, -0.2) is 4.18 Å². The molecule has 6 unspecified atom stereocenters. The maximum atomic E-state index is 12.8. The summed E-state index contributed by atoms with van der Waals surface area (Å²) in [4.78, 5) is 12.8. The van der Waals surface area contributed by atoms with Crippen LogP contribution >= 0.6 is 0 Å². The second kappa shape index (κ2) is 37.1. The molecule has 1 heterocycles. The maximum absolute atomic E-state index is 12.8. The van der Waals surface area contributed by atoms with Gasteiger partial charge in [0.1, 0.15) is 30.5 Å². The molecule has 0 saturated carbocycles. The van der Waals surface area contributed by atoms with E-state index in [2.05, 4.69) is 54.5 Å². The van der Waals surface area contributed by atoms with E-state index in [0.717, 1.165) is 57.8 Å². The van der Waals surface area contributed by atoms with Crippen molar-refractivity contribution >= 4 is 16.4 Å². The maximum Gasteiger partial charge on any atom is 0.397 e. The van der Waals surface area contributed by atoms with Crippen molar-refractivity contribution in [1.29, 1.82) is 0 Å². The van der Waals surface area contributed by atoms with Crippen molar-refractivity contribution in [2.75, 3.05) is 26.4 Å². The quantitative estimate of drug-likeness (QED) is 0.0200. The predicted octanol–water partition coefficient (Wildman–Crippen LogP) is 9.41. The van der Waals surface area contributed by atoms with Crippen LogP contribution in [0.3, 0.4) is 0 Å². The van der Waals surface area contributed by atoms with Gasteiger partial charge < -0.3 is 34.3 Å². The van der Waals surface area contributed by atoms with Crippen LogP contribution in [-0.2, 0) is 38.3 Å². The SMILES string of the molecule is CC/C=C\C/C=C\C/C=C\CCCCCC(=O)OC(COCCCCCCCCCCCCCCCCCCCC)COC1OC(CO)C(O)C(OS(=O)(=O)O)C1O. The van der Waals surface area contributed by atoms with Crippen LogP contribution in [0.5, 0.6) is 0 Å². The lowest BCUT2D eigenvalue weighted by atomic mass is 9.99. The number of carbonyl (C=O) groups is 1. The van der Waals surface area contributed by atoms with Crippen molar-refractivity contribution in [1.82, 2.24) is 0 Å². The van der Waals surface area contributed by atoms with Crippen LogP contribution in [-0.4, -0.2) is 97.5 Å². The van der Waals surface area contributed by atoms with Crippen molar-refractivity contribution < 1.29 is 56.2 Å². The summed E-state index contributed by atoms with van der Waals surface area (Å²) in [5, 5.41) is 30.6. The first kappa shape index (κ1) is 54.3. The van der Waals surface area contributed by atoms with Gasteiger partial charge in [-0.3, -0.25) is 9.35 Å². The third kappa shape index (κ3) is 30.4. The van der Waals surface area contributed by atoms with E-state index in [1.807, 2.05) is 0 Å². The summed E-state index contributed by atoms with van der Waals surface area (Å²) in [5.41, 5.74) is 0. The highest BCUT2D eigenvalue weighted by atomic mass is 32.3. The molecule has 0 aromatic rings. The van der Waals surface area contributed by atoms with E-state index in [9.17, 15) is 28.5 Å². The molecule has 1 saturated heterocycles. The van der Waals surface area contributed by atoms with Gasteiger partial charge in [0.2, 0.25) is 0 Å². The average Bonchev–Trinajstić information content (AvgIpc) is 3.19. The molecule has 0 bridgehead atoms. The largest absolute Gasteiger partial charge is 0.457 e. The lowest BCUT2D eigenvalue weighted by Gasteiger charge is -2.41. The number of hydrogen-bond acceptors (Lipinski definition) is 11. The number of aliphatic hydroxyl groups is 3. The summed E-state index contributed by atoms with van der Waals surface area (Å²) in [6.07, 6.45) is 33.3.